The summed E-state index contributed by atoms with van der Waals surface area (Å²) < 4.78 is 0. The van der Waals surface area contributed by atoms with Gasteiger partial charge in [-0.25, -0.2) is 0 Å². The Balaban J connectivity index is 2.62. The highest BCUT2D eigenvalue weighted by Crippen LogP contribution is 2.25. The summed E-state index contributed by atoms with van der Waals surface area (Å²) in [6.45, 7) is 9.48. The predicted octanol–water partition coefficient (Wildman–Crippen LogP) is 3.73. The first-order valence-corrected chi connectivity index (χ1v) is 7.06. The summed E-state index contributed by atoms with van der Waals surface area (Å²) in [6, 6.07) is 8.63. The van der Waals surface area contributed by atoms with E-state index in [-0.39, 0.29) is 5.54 Å². The van der Waals surface area contributed by atoms with E-state index in [0.717, 1.165) is 12.1 Å². The fourth-order valence-corrected chi connectivity index (χ4v) is 2.54. The van der Waals surface area contributed by atoms with Crippen molar-refractivity contribution in [2.75, 3.05) is 11.9 Å². The Morgan fingerprint density at radius 1 is 1.24 bits per heavy atom. The molecule has 0 saturated heterocycles. The highest BCUT2D eigenvalue weighted by molar-refractivity contribution is 7.99. The number of hydrogen-bond acceptors (Lipinski definition) is 3. The van der Waals surface area contributed by atoms with Gasteiger partial charge in [-0.1, -0.05) is 13.8 Å². The van der Waals surface area contributed by atoms with Gasteiger partial charge in [0.15, 0.2) is 0 Å². The molecule has 0 saturated carbocycles. The normalized spacial score (nSPS) is 11.9. The predicted molar refractivity (Wildman–Crippen MR) is 78.8 cm³/mol. The molecular formula is C14H24N2S. The van der Waals surface area contributed by atoms with E-state index < -0.39 is 0 Å². The zero-order chi connectivity index (χ0) is 12.9. The van der Waals surface area contributed by atoms with Crippen molar-refractivity contribution in [2.24, 2.45) is 5.73 Å². The zero-order valence-electron chi connectivity index (χ0n) is 11.3. The molecule has 1 aromatic rings. The van der Waals surface area contributed by atoms with Gasteiger partial charge in [0.2, 0.25) is 0 Å². The van der Waals surface area contributed by atoms with E-state index in [2.05, 4.69) is 57.3 Å². The second-order valence-electron chi connectivity index (χ2n) is 5.24. The molecule has 0 unspecified atom stereocenters. The minimum atomic E-state index is 0.0570. The monoisotopic (exact) mass is 252 g/mol. The van der Waals surface area contributed by atoms with Crippen molar-refractivity contribution in [3.8, 4) is 0 Å². The van der Waals surface area contributed by atoms with Crippen LogP contribution in [0.4, 0.5) is 5.69 Å². The van der Waals surface area contributed by atoms with E-state index in [1.807, 2.05) is 11.8 Å². The molecule has 17 heavy (non-hydrogen) atoms. The summed E-state index contributed by atoms with van der Waals surface area (Å²) in [7, 11) is 0. The molecule has 0 heterocycles. The van der Waals surface area contributed by atoms with Crippen LogP contribution in [0.15, 0.2) is 29.2 Å². The quantitative estimate of drug-likeness (QED) is 0.758. The maximum Gasteiger partial charge on any atom is 0.0345 e. The summed E-state index contributed by atoms with van der Waals surface area (Å²) in [5.41, 5.74) is 6.82. The van der Waals surface area contributed by atoms with Gasteiger partial charge in [-0.2, -0.15) is 0 Å². The highest BCUT2D eigenvalue weighted by atomic mass is 32.2. The number of nitrogens with one attached hydrogen (secondary N) is 1. The van der Waals surface area contributed by atoms with Crippen LogP contribution in [0.5, 0.6) is 0 Å². The first kappa shape index (κ1) is 14.4. The largest absolute Gasteiger partial charge is 0.380 e. The summed E-state index contributed by atoms with van der Waals surface area (Å²) in [6.07, 6.45) is 0.968. The Hall–Kier alpha value is -0.670. The van der Waals surface area contributed by atoms with Gasteiger partial charge in [0.1, 0.15) is 0 Å². The number of anilines is 1. The van der Waals surface area contributed by atoms with Crippen LogP contribution in [0.3, 0.4) is 0 Å². The van der Waals surface area contributed by atoms with Crippen molar-refractivity contribution in [1.82, 2.24) is 0 Å². The molecule has 2 nitrogen and oxygen atoms in total. The van der Waals surface area contributed by atoms with Crippen LogP contribution < -0.4 is 11.1 Å². The summed E-state index contributed by atoms with van der Waals surface area (Å²) in [4.78, 5) is 1.32. The molecule has 0 aliphatic carbocycles. The van der Waals surface area contributed by atoms with E-state index in [0.29, 0.717) is 11.8 Å². The lowest BCUT2D eigenvalue weighted by Gasteiger charge is -2.27. The maximum absolute atomic E-state index is 5.60. The molecule has 0 aliphatic rings. The second-order valence-corrected chi connectivity index (χ2v) is 6.89. The molecule has 0 aromatic heterocycles. The van der Waals surface area contributed by atoms with Gasteiger partial charge in [-0.05, 0) is 51.1 Å². The number of nitrogens with two attached hydrogens (primary N) is 1. The molecule has 3 heteroatoms. The molecule has 0 aliphatic heterocycles. The molecular weight excluding hydrogens is 228 g/mol. The molecule has 0 bridgehead atoms. The Kier molecular flexibility index (Phi) is 5.34. The topological polar surface area (TPSA) is 38.0 Å². The Morgan fingerprint density at radius 2 is 1.82 bits per heavy atom. The third-order valence-electron chi connectivity index (χ3n) is 2.48. The van der Waals surface area contributed by atoms with Gasteiger partial charge in [0.25, 0.3) is 0 Å². The van der Waals surface area contributed by atoms with Crippen LogP contribution >= 0.6 is 11.8 Å². The van der Waals surface area contributed by atoms with Crippen molar-refractivity contribution in [3.63, 3.8) is 0 Å². The molecule has 96 valence electrons. The van der Waals surface area contributed by atoms with Crippen LogP contribution in [-0.4, -0.2) is 17.3 Å². The minimum Gasteiger partial charge on any atom is -0.380 e. The van der Waals surface area contributed by atoms with Gasteiger partial charge in [0.05, 0.1) is 0 Å². The lowest BCUT2D eigenvalue weighted by Crippen LogP contribution is -2.33. The van der Waals surface area contributed by atoms with Crippen LogP contribution in [0.25, 0.3) is 0 Å². The number of rotatable bonds is 6. The molecule has 0 spiro atoms. The first-order chi connectivity index (χ1) is 7.93. The highest BCUT2D eigenvalue weighted by Gasteiger charge is 2.15. The fraction of sp³-hybridized carbons (Fsp3) is 0.571. The third kappa shape index (κ3) is 5.46. The number of benzene rings is 1. The molecule has 1 rings (SSSR count). The molecule has 0 radical (unpaired) electrons. The SMILES string of the molecule is CC(C)Sc1ccc(NC(C)(C)CCN)cc1. The summed E-state index contributed by atoms with van der Waals surface area (Å²) in [5.74, 6) is 0. The van der Waals surface area contributed by atoms with Crippen LogP contribution in [0.1, 0.15) is 34.1 Å². The van der Waals surface area contributed by atoms with Gasteiger partial charge in [0, 0.05) is 21.4 Å². The summed E-state index contributed by atoms with van der Waals surface area (Å²) in [5, 5.41) is 4.14. The van der Waals surface area contributed by atoms with Gasteiger partial charge >= 0.3 is 0 Å². The molecule has 1 aromatic carbocycles. The Labute approximate surface area is 109 Å². The number of hydrogen-bond donors (Lipinski definition) is 2. The standard InChI is InChI=1S/C14H24N2S/c1-11(2)17-13-7-5-12(6-8-13)16-14(3,4)9-10-15/h5-8,11,16H,9-10,15H2,1-4H3. The lowest BCUT2D eigenvalue weighted by atomic mass is 10.0. The van der Waals surface area contributed by atoms with E-state index in [9.17, 15) is 0 Å². The molecule has 0 amide bonds. The van der Waals surface area contributed by atoms with E-state index in [1.165, 1.54) is 4.90 Å². The molecule has 0 atom stereocenters. The zero-order valence-corrected chi connectivity index (χ0v) is 12.1. The maximum atomic E-state index is 5.60. The van der Waals surface area contributed by atoms with Gasteiger partial charge in [-0.15, -0.1) is 11.8 Å². The van der Waals surface area contributed by atoms with Crippen LogP contribution in [0.2, 0.25) is 0 Å². The second kappa shape index (κ2) is 6.31. The van der Waals surface area contributed by atoms with Crippen molar-refractivity contribution in [2.45, 2.75) is 49.8 Å². The Morgan fingerprint density at radius 3 is 2.29 bits per heavy atom. The van der Waals surface area contributed by atoms with Crippen LogP contribution in [0, 0.1) is 0 Å². The van der Waals surface area contributed by atoms with E-state index >= 15 is 0 Å². The van der Waals surface area contributed by atoms with Gasteiger partial charge < -0.3 is 11.1 Å². The van der Waals surface area contributed by atoms with E-state index in [4.69, 9.17) is 5.73 Å². The average Bonchev–Trinajstić information content (AvgIpc) is 2.19. The lowest BCUT2D eigenvalue weighted by molar-refractivity contribution is 0.526. The van der Waals surface area contributed by atoms with Gasteiger partial charge in [-0.3, -0.25) is 0 Å². The fourth-order valence-electron chi connectivity index (χ4n) is 1.70. The average molecular weight is 252 g/mol. The first-order valence-electron chi connectivity index (χ1n) is 6.18. The minimum absolute atomic E-state index is 0.0570. The van der Waals surface area contributed by atoms with E-state index in [1.54, 1.807) is 0 Å². The molecule has 3 N–H and O–H groups in total. The van der Waals surface area contributed by atoms with Crippen molar-refractivity contribution in [1.29, 1.82) is 0 Å². The third-order valence-corrected chi connectivity index (χ3v) is 3.49. The number of thioether (sulfide) groups is 1. The van der Waals surface area contributed by atoms with Crippen molar-refractivity contribution < 1.29 is 0 Å². The molecule has 0 fully saturated rings. The Bertz CT molecular complexity index is 331. The summed E-state index contributed by atoms with van der Waals surface area (Å²) >= 11 is 1.89. The van der Waals surface area contributed by atoms with Crippen LogP contribution in [-0.2, 0) is 0 Å². The van der Waals surface area contributed by atoms with Crippen molar-refractivity contribution >= 4 is 17.4 Å². The smallest absolute Gasteiger partial charge is 0.0345 e. The van der Waals surface area contributed by atoms with Crippen molar-refractivity contribution in [3.05, 3.63) is 24.3 Å².